The zero-order valence-corrected chi connectivity index (χ0v) is 9.20. The minimum absolute atomic E-state index is 0.0312. The van der Waals surface area contributed by atoms with Gasteiger partial charge in [0.25, 0.3) is 0 Å². The van der Waals surface area contributed by atoms with Crippen LogP contribution in [0.4, 0.5) is 11.8 Å². The lowest BCUT2D eigenvalue weighted by Crippen LogP contribution is -2.24. The van der Waals surface area contributed by atoms with Gasteiger partial charge < -0.3 is 16.2 Å². The predicted molar refractivity (Wildman–Crippen MR) is 60.6 cm³/mol. The van der Waals surface area contributed by atoms with Crippen LogP contribution in [-0.4, -0.2) is 27.7 Å². The van der Waals surface area contributed by atoms with E-state index in [0.29, 0.717) is 5.82 Å². The van der Waals surface area contributed by atoms with Crippen molar-refractivity contribution in [3.05, 3.63) is 11.8 Å². The average molecular weight is 210 g/mol. The molecule has 5 heteroatoms. The van der Waals surface area contributed by atoms with E-state index < -0.39 is 0 Å². The number of nitrogens with one attached hydrogen (secondary N) is 1. The maximum absolute atomic E-state index is 9.12. The molecule has 4 N–H and O–H groups in total. The van der Waals surface area contributed by atoms with Crippen molar-refractivity contribution in [3.63, 3.8) is 0 Å². The van der Waals surface area contributed by atoms with E-state index in [1.54, 1.807) is 0 Å². The summed E-state index contributed by atoms with van der Waals surface area (Å²) >= 11 is 0. The monoisotopic (exact) mass is 210 g/mol. The van der Waals surface area contributed by atoms with Gasteiger partial charge in [0.2, 0.25) is 5.95 Å². The van der Waals surface area contributed by atoms with Crippen molar-refractivity contribution in [2.75, 3.05) is 17.7 Å². The highest BCUT2D eigenvalue weighted by atomic mass is 16.3. The first-order chi connectivity index (χ1) is 7.15. The summed E-state index contributed by atoms with van der Waals surface area (Å²) in [6.45, 7) is 4.03. The Morgan fingerprint density at radius 2 is 2.27 bits per heavy atom. The Morgan fingerprint density at radius 3 is 2.80 bits per heavy atom. The normalized spacial score (nSPS) is 12.5. The smallest absolute Gasteiger partial charge is 0.222 e. The van der Waals surface area contributed by atoms with Crippen LogP contribution >= 0.6 is 0 Å². The van der Waals surface area contributed by atoms with Crippen LogP contribution in [0.2, 0.25) is 0 Å². The molecule has 0 amide bonds. The van der Waals surface area contributed by atoms with Gasteiger partial charge in [-0.2, -0.15) is 4.98 Å². The molecule has 1 heterocycles. The molecule has 0 bridgehead atoms. The zero-order chi connectivity index (χ0) is 11.3. The van der Waals surface area contributed by atoms with E-state index in [-0.39, 0.29) is 18.6 Å². The van der Waals surface area contributed by atoms with E-state index in [1.165, 1.54) is 0 Å². The predicted octanol–water partition coefficient (Wildman–Crippen LogP) is 0.940. The summed E-state index contributed by atoms with van der Waals surface area (Å²) in [5.41, 5.74) is 6.34. The van der Waals surface area contributed by atoms with Gasteiger partial charge in [0.05, 0.1) is 12.6 Å². The lowest BCUT2D eigenvalue weighted by molar-refractivity contribution is 0.268. The van der Waals surface area contributed by atoms with E-state index in [4.69, 9.17) is 10.8 Å². The van der Waals surface area contributed by atoms with Crippen LogP contribution in [0.3, 0.4) is 0 Å². The average Bonchev–Trinajstić information content (AvgIpc) is 2.15. The fourth-order valence-electron chi connectivity index (χ4n) is 1.43. The summed E-state index contributed by atoms with van der Waals surface area (Å²) < 4.78 is 0. The molecule has 5 nitrogen and oxygen atoms in total. The molecule has 0 aliphatic carbocycles. The molecule has 0 unspecified atom stereocenters. The molecule has 0 aliphatic heterocycles. The lowest BCUT2D eigenvalue weighted by Gasteiger charge is -2.16. The second-order valence-electron chi connectivity index (χ2n) is 3.57. The number of hydrogen-bond donors (Lipinski definition) is 3. The van der Waals surface area contributed by atoms with E-state index in [0.717, 1.165) is 18.5 Å². The molecule has 0 saturated carbocycles. The second-order valence-corrected chi connectivity index (χ2v) is 3.57. The van der Waals surface area contributed by atoms with E-state index in [1.807, 2.05) is 13.0 Å². The highest BCUT2D eigenvalue weighted by molar-refractivity contribution is 5.41. The quantitative estimate of drug-likeness (QED) is 0.673. The third-order valence-electron chi connectivity index (χ3n) is 2.08. The molecule has 0 saturated heterocycles. The molecular weight excluding hydrogens is 192 g/mol. The van der Waals surface area contributed by atoms with E-state index in [9.17, 15) is 0 Å². The minimum atomic E-state index is 0.0312. The lowest BCUT2D eigenvalue weighted by atomic mass is 10.2. The molecule has 0 spiro atoms. The first-order valence-corrected chi connectivity index (χ1v) is 5.14. The van der Waals surface area contributed by atoms with Crippen molar-refractivity contribution in [3.8, 4) is 0 Å². The van der Waals surface area contributed by atoms with Gasteiger partial charge in [-0.1, -0.05) is 13.3 Å². The van der Waals surface area contributed by atoms with Gasteiger partial charge in [-0.25, -0.2) is 4.98 Å². The van der Waals surface area contributed by atoms with Crippen LogP contribution in [-0.2, 0) is 0 Å². The third-order valence-corrected chi connectivity index (χ3v) is 2.08. The Balaban J connectivity index is 2.69. The number of aromatic nitrogens is 2. The van der Waals surface area contributed by atoms with Crippen LogP contribution in [0.25, 0.3) is 0 Å². The molecule has 0 aliphatic rings. The van der Waals surface area contributed by atoms with Crippen molar-refractivity contribution in [1.82, 2.24) is 9.97 Å². The number of nitrogens with zero attached hydrogens (tertiary/aromatic N) is 2. The van der Waals surface area contributed by atoms with Crippen LogP contribution in [0.15, 0.2) is 6.07 Å². The van der Waals surface area contributed by atoms with Gasteiger partial charge in [-0.15, -0.1) is 0 Å². The Bertz CT molecular complexity index is 296. The summed E-state index contributed by atoms with van der Waals surface area (Å²) in [5, 5.41) is 12.3. The highest BCUT2D eigenvalue weighted by Gasteiger charge is 2.07. The van der Waals surface area contributed by atoms with Crippen molar-refractivity contribution < 1.29 is 5.11 Å². The van der Waals surface area contributed by atoms with Gasteiger partial charge in [0.15, 0.2) is 0 Å². The highest BCUT2D eigenvalue weighted by Crippen LogP contribution is 2.10. The van der Waals surface area contributed by atoms with Crippen LogP contribution in [0, 0.1) is 6.92 Å². The first kappa shape index (κ1) is 11.7. The molecule has 84 valence electrons. The summed E-state index contributed by atoms with van der Waals surface area (Å²) in [4.78, 5) is 8.03. The van der Waals surface area contributed by atoms with Crippen molar-refractivity contribution in [1.29, 1.82) is 0 Å². The van der Waals surface area contributed by atoms with Crippen molar-refractivity contribution in [2.45, 2.75) is 32.7 Å². The largest absolute Gasteiger partial charge is 0.394 e. The summed E-state index contributed by atoms with van der Waals surface area (Å²) in [6.07, 6.45) is 1.91. The Kier molecular flexibility index (Phi) is 4.30. The van der Waals surface area contributed by atoms with Crippen LogP contribution in [0.1, 0.15) is 25.5 Å². The van der Waals surface area contributed by atoms with Crippen molar-refractivity contribution in [2.24, 2.45) is 0 Å². The Hall–Kier alpha value is -1.36. The number of aliphatic hydroxyl groups is 1. The number of anilines is 2. The topological polar surface area (TPSA) is 84.1 Å². The zero-order valence-electron chi connectivity index (χ0n) is 9.20. The van der Waals surface area contributed by atoms with E-state index in [2.05, 4.69) is 22.2 Å². The SMILES string of the molecule is CCC[C@@H](CO)Nc1cc(C)nc(N)n1. The Labute approximate surface area is 89.7 Å². The molecule has 0 aromatic carbocycles. The Morgan fingerprint density at radius 1 is 1.53 bits per heavy atom. The molecule has 1 aromatic heterocycles. The number of aliphatic hydroxyl groups excluding tert-OH is 1. The summed E-state index contributed by atoms with van der Waals surface area (Å²) in [5.74, 6) is 0.929. The molecular formula is C10H18N4O. The molecule has 0 fully saturated rings. The standard InChI is InChI=1S/C10H18N4O/c1-3-4-8(6-15)13-9-5-7(2)12-10(11)14-9/h5,8,15H,3-4,6H2,1-2H3,(H3,11,12,13,14)/t8-/m0/s1. The molecule has 15 heavy (non-hydrogen) atoms. The third kappa shape index (κ3) is 3.71. The summed E-state index contributed by atoms with van der Waals surface area (Å²) in [7, 11) is 0. The maximum Gasteiger partial charge on any atom is 0.222 e. The second kappa shape index (κ2) is 5.50. The van der Waals surface area contributed by atoms with Gasteiger partial charge >= 0.3 is 0 Å². The number of aryl methyl sites for hydroxylation is 1. The fourth-order valence-corrected chi connectivity index (χ4v) is 1.43. The van der Waals surface area contributed by atoms with Gasteiger partial charge in [-0.05, 0) is 13.3 Å². The number of nitrogen functional groups attached to an aromatic ring is 1. The van der Waals surface area contributed by atoms with Gasteiger partial charge in [-0.3, -0.25) is 0 Å². The van der Waals surface area contributed by atoms with Crippen LogP contribution < -0.4 is 11.1 Å². The van der Waals surface area contributed by atoms with Crippen molar-refractivity contribution >= 4 is 11.8 Å². The summed E-state index contributed by atoms with van der Waals surface area (Å²) in [6, 6.07) is 1.85. The molecule has 1 rings (SSSR count). The maximum atomic E-state index is 9.12. The minimum Gasteiger partial charge on any atom is -0.394 e. The van der Waals surface area contributed by atoms with Gasteiger partial charge in [0.1, 0.15) is 5.82 Å². The number of nitrogens with two attached hydrogens (primary N) is 1. The number of rotatable bonds is 5. The number of hydrogen-bond acceptors (Lipinski definition) is 5. The van der Waals surface area contributed by atoms with Gasteiger partial charge in [0, 0.05) is 11.8 Å². The fraction of sp³-hybridized carbons (Fsp3) is 0.600. The molecule has 1 aromatic rings. The molecule has 0 radical (unpaired) electrons. The molecule has 1 atom stereocenters. The van der Waals surface area contributed by atoms with Crippen LogP contribution in [0.5, 0.6) is 0 Å². The van der Waals surface area contributed by atoms with E-state index >= 15 is 0 Å². The first-order valence-electron chi connectivity index (χ1n) is 5.14.